The van der Waals surface area contributed by atoms with Crippen LogP contribution in [-0.4, -0.2) is 44.8 Å². The first kappa shape index (κ1) is 21.9. The number of hydrogen-bond acceptors (Lipinski definition) is 6. The highest BCUT2D eigenvalue weighted by Gasteiger charge is 2.26. The van der Waals surface area contributed by atoms with Gasteiger partial charge < -0.3 is 24.4 Å². The zero-order valence-corrected chi connectivity index (χ0v) is 18.9. The van der Waals surface area contributed by atoms with Crippen molar-refractivity contribution in [2.75, 3.05) is 43.1 Å². The SMILES string of the molecule is CC(=O)Oc1c(C)c(C)c2c(c1C)C=C(C(=O)Nc1ccccc1N1CCOCC1)CO2. The first-order valence-corrected chi connectivity index (χ1v) is 10.8. The molecule has 2 aliphatic rings. The molecule has 2 heterocycles. The van der Waals surface area contributed by atoms with Crippen molar-refractivity contribution in [2.45, 2.75) is 27.7 Å². The van der Waals surface area contributed by atoms with Crippen LogP contribution >= 0.6 is 0 Å². The molecule has 0 bridgehead atoms. The first-order chi connectivity index (χ1) is 15.4. The van der Waals surface area contributed by atoms with E-state index >= 15 is 0 Å². The van der Waals surface area contributed by atoms with E-state index in [4.69, 9.17) is 14.2 Å². The fraction of sp³-hybridized carbons (Fsp3) is 0.360. The van der Waals surface area contributed by atoms with Gasteiger partial charge >= 0.3 is 5.97 Å². The number of esters is 1. The zero-order valence-electron chi connectivity index (χ0n) is 18.9. The van der Waals surface area contributed by atoms with Gasteiger partial charge in [-0.1, -0.05) is 12.1 Å². The maximum atomic E-state index is 13.2. The van der Waals surface area contributed by atoms with E-state index in [-0.39, 0.29) is 18.5 Å². The van der Waals surface area contributed by atoms with Crippen molar-refractivity contribution in [3.05, 3.63) is 52.1 Å². The van der Waals surface area contributed by atoms with Gasteiger partial charge in [0.25, 0.3) is 5.91 Å². The average molecular weight is 437 g/mol. The van der Waals surface area contributed by atoms with Crippen molar-refractivity contribution >= 4 is 29.3 Å². The molecule has 0 aliphatic carbocycles. The molecule has 0 saturated carbocycles. The Bertz CT molecular complexity index is 1100. The highest BCUT2D eigenvalue weighted by molar-refractivity contribution is 6.09. The number of carbonyl (C=O) groups excluding carboxylic acids is 2. The van der Waals surface area contributed by atoms with Crippen molar-refractivity contribution in [3.8, 4) is 11.5 Å². The second-order valence-electron chi connectivity index (χ2n) is 8.07. The Kier molecular flexibility index (Phi) is 6.19. The number of nitrogens with zero attached hydrogens (tertiary/aromatic N) is 1. The van der Waals surface area contributed by atoms with Crippen LogP contribution in [0, 0.1) is 20.8 Å². The third-order valence-corrected chi connectivity index (χ3v) is 5.96. The van der Waals surface area contributed by atoms with Crippen molar-refractivity contribution in [3.63, 3.8) is 0 Å². The lowest BCUT2D eigenvalue weighted by Crippen LogP contribution is -2.36. The van der Waals surface area contributed by atoms with Crippen LogP contribution in [0.4, 0.5) is 11.4 Å². The molecule has 2 aromatic carbocycles. The summed E-state index contributed by atoms with van der Waals surface area (Å²) in [5.74, 6) is 0.644. The number of benzene rings is 2. The van der Waals surface area contributed by atoms with E-state index in [2.05, 4.69) is 10.2 Å². The summed E-state index contributed by atoms with van der Waals surface area (Å²) in [6.07, 6.45) is 1.83. The van der Waals surface area contributed by atoms with E-state index in [1.165, 1.54) is 6.92 Å². The Hall–Kier alpha value is -3.32. The third-order valence-electron chi connectivity index (χ3n) is 5.96. The molecule has 0 spiro atoms. The Morgan fingerprint density at radius 3 is 2.47 bits per heavy atom. The summed E-state index contributed by atoms with van der Waals surface area (Å²) in [6.45, 7) is 10.2. The van der Waals surface area contributed by atoms with Crippen LogP contribution in [0.3, 0.4) is 0 Å². The van der Waals surface area contributed by atoms with Gasteiger partial charge in [0, 0.05) is 31.1 Å². The van der Waals surface area contributed by atoms with Gasteiger partial charge in [-0.15, -0.1) is 0 Å². The second-order valence-corrected chi connectivity index (χ2v) is 8.07. The summed E-state index contributed by atoms with van der Waals surface area (Å²) in [4.78, 5) is 27.0. The minimum Gasteiger partial charge on any atom is -0.488 e. The molecule has 7 heteroatoms. The Morgan fingerprint density at radius 2 is 1.75 bits per heavy atom. The van der Waals surface area contributed by atoms with Crippen LogP contribution in [0.25, 0.3) is 6.08 Å². The van der Waals surface area contributed by atoms with Gasteiger partial charge in [-0.3, -0.25) is 9.59 Å². The molecule has 32 heavy (non-hydrogen) atoms. The summed E-state index contributed by atoms with van der Waals surface area (Å²) < 4.78 is 16.9. The first-order valence-electron chi connectivity index (χ1n) is 10.8. The lowest BCUT2D eigenvalue weighted by atomic mass is 9.94. The molecule has 1 N–H and O–H groups in total. The number of carbonyl (C=O) groups is 2. The topological polar surface area (TPSA) is 77.1 Å². The zero-order chi connectivity index (χ0) is 22.8. The number of ether oxygens (including phenoxy) is 3. The Labute approximate surface area is 188 Å². The maximum absolute atomic E-state index is 13.2. The minimum atomic E-state index is -0.381. The number of nitrogens with one attached hydrogen (secondary N) is 1. The number of morpholine rings is 1. The van der Waals surface area contributed by atoms with Crippen molar-refractivity contribution < 1.29 is 23.8 Å². The number of anilines is 2. The van der Waals surface area contributed by atoms with Crippen LogP contribution in [-0.2, 0) is 14.3 Å². The smallest absolute Gasteiger partial charge is 0.308 e. The molecule has 4 rings (SSSR count). The van der Waals surface area contributed by atoms with Crippen LogP contribution in [0.5, 0.6) is 11.5 Å². The molecule has 7 nitrogen and oxygen atoms in total. The molecular formula is C25H28N2O5. The predicted octanol–water partition coefficient (Wildman–Crippen LogP) is 3.79. The quantitative estimate of drug-likeness (QED) is 0.581. The van der Waals surface area contributed by atoms with Gasteiger partial charge in [0.05, 0.1) is 30.2 Å². The van der Waals surface area contributed by atoms with Crippen LogP contribution in [0.1, 0.15) is 29.2 Å². The molecule has 2 aliphatic heterocycles. The summed E-state index contributed by atoms with van der Waals surface area (Å²) in [6, 6.07) is 7.77. The highest BCUT2D eigenvalue weighted by atomic mass is 16.5. The summed E-state index contributed by atoms with van der Waals surface area (Å²) in [5, 5.41) is 3.05. The van der Waals surface area contributed by atoms with Crippen LogP contribution in [0.2, 0.25) is 0 Å². The van der Waals surface area contributed by atoms with Gasteiger partial charge in [0.2, 0.25) is 0 Å². The molecule has 168 valence electrons. The summed E-state index contributed by atoms with van der Waals surface area (Å²) in [7, 11) is 0. The van der Waals surface area contributed by atoms with Gasteiger partial charge in [0.1, 0.15) is 18.1 Å². The van der Waals surface area contributed by atoms with E-state index in [9.17, 15) is 9.59 Å². The number of hydrogen-bond donors (Lipinski definition) is 1. The Balaban J connectivity index is 1.64. The summed E-state index contributed by atoms with van der Waals surface area (Å²) >= 11 is 0. The molecule has 0 atom stereocenters. The molecule has 0 aromatic heterocycles. The third kappa shape index (κ3) is 4.21. The predicted molar refractivity (Wildman–Crippen MR) is 124 cm³/mol. The maximum Gasteiger partial charge on any atom is 0.308 e. The van der Waals surface area contributed by atoms with Crippen molar-refractivity contribution in [1.82, 2.24) is 0 Å². The number of para-hydroxylation sites is 2. The lowest BCUT2D eigenvalue weighted by molar-refractivity contribution is -0.132. The fourth-order valence-electron chi connectivity index (χ4n) is 4.13. The molecule has 1 fully saturated rings. The average Bonchev–Trinajstić information content (AvgIpc) is 2.81. The second kappa shape index (κ2) is 9.04. The van der Waals surface area contributed by atoms with E-state index in [1.54, 1.807) is 0 Å². The van der Waals surface area contributed by atoms with Crippen molar-refractivity contribution in [1.29, 1.82) is 0 Å². The highest BCUT2D eigenvalue weighted by Crippen LogP contribution is 2.41. The number of fused-ring (bicyclic) bond motifs is 1. The van der Waals surface area contributed by atoms with Crippen LogP contribution in [0.15, 0.2) is 29.8 Å². The molecular weight excluding hydrogens is 408 g/mol. The fourth-order valence-corrected chi connectivity index (χ4v) is 4.13. The van der Waals surface area contributed by atoms with E-state index < -0.39 is 0 Å². The van der Waals surface area contributed by atoms with Gasteiger partial charge in [0.15, 0.2) is 0 Å². The normalized spacial score (nSPS) is 15.4. The largest absolute Gasteiger partial charge is 0.488 e. The molecule has 0 unspecified atom stereocenters. The molecule has 2 aromatic rings. The van der Waals surface area contributed by atoms with Crippen molar-refractivity contribution in [2.24, 2.45) is 0 Å². The minimum absolute atomic E-state index is 0.172. The summed E-state index contributed by atoms with van der Waals surface area (Å²) in [5.41, 5.74) is 5.53. The number of rotatable bonds is 4. The standard InChI is InChI=1S/C25H28N2O5/c1-15-16(2)24-20(17(3)23(15)32-18(4)28)13-19(14-31-24)25(29)26-21-7-5-6-8-22(21)27-9-11-30-12-10-27/h5-8,13H,9-12,14H2,1-4H3,(H,26,29). The van der Waals surface area contributed by atoms with Gasteiger partial charge in [-0.25, -0.2) is 0 Å². The molecule has 0 radical (unpaired) electrons. The lowest BCUT2D eigenvalue weighted by Gasteiger charge is -2.30. The van der Waals surface area contributed by atoms with Gasteiger partial charge in [-0.05, 0) is 50.1 Å². The monoisotopic (exact) mass is 436 g/mol. The van der Waals surface area contributed by atoms with E-state index in [0.29, 0.717) is 24.5 Å². The van der Waals surface area contributed by atoms with Gasteiger partial charge in [-0.2, -0.15) is 0 Å². The van der Waals surface area contributed by atoms with E-state index in [0.717, 1.165) is 52.5 Å². The van der Waals surface area contributed by atoms with Crippen LogP contribution < -0.4 is 19.7 Å². The van der Waals surface area contributed by atoms with E-state index in [1.807, 2.05) is 51.1 Å². The molecule has 1 amide bonds. The Morgan fingerprint density at radius 1 is 1.03 bits per heavy atom. The molecule has 1 saturated heterocycles. The number of amides is 1.